The molecule has 0 fully saturated rings. The van der Waals surface area contributed by atoms with Crippen LogP contribution in [0.15, 0.2) is 42.6 Å². The van der Waals surface area contributed by atoms with Gasteiger partial charge in [-0.2, -0.15) is 13.2 Å². The van der Waals surface area contributed by atoms with Gasteiger partial charge in [-0.1, -0.05) is 12.1 Å². The van der Waals surface area contributed by atoms with E-state index in [1.54, 1.807) is 24.3 Å². The maximum Gasteiger partial charge on any atom is 0.417 e. The predicted molar refractivity (Wildman–Crippen MR) is 79.1 cm³/mol. The topological polar surface area (TPSA) is 63.8 Å². The van der Waals surface area contributed by atoms with E-state index in [9.17, 15) is 23.1 Å². The summed E-state index contributed by atoms with van der Waals surface area (Å²) in [4.78, 5) is 15.8. The van der Waals surface area contributed by atoms with E-state index in [-0.39, 0.29) is 17.0 Å². The second-order valence-corrected chi connectivity index (χ2v) is 4.99. The largest absolute Gasteiger partial charge is 0.497 e. The van der Waals surface area contributed by atoms with E-state index in [0.29, 0.717) is 11.3 Å². The summed E-state index contributed by atoms with van der Waals surface area (Å²) in [5.41, 5.74) is -0.681. The number of methoxy groups -OCH3 is 1. The van der Waals surface area contributed by atoms with E-state index >= 15 is 0 Å². The third-order valence-corrected chi connectivity index (χ3v) is 3.49. The van der Waals surface area contributed by atoms with Crippen molar-refractivity contribution in [2.45, 2.75) is 6.18 Å². The van der Waals surface area contributed by atoms with Crippen molar-refractivity contribution in [2.24, 2.45) is 0 Å². The molecule has 24 heavy (non-hydrogen) atoms. The van der Waals surface area contributed by atoms with Gasteiger partial charge in [-0.05, 0) is 24.3 Å². The molecule has 0 saturated heterocycles. The Morgan fingerprint density at radius 3 is 2.62 bits per heavy atom. The normalized spacial score (nSPS) is 11.7. The van der Waals surface area contributed by atoms with Gasteiger partial charge in [0.1, 0.15) is 17.1 Å². The SMILES string of the molecule is COc1cccc(-c2nc3ccc(C(F)(F)F)cn3c2C(=O)O)c1. The fourth-order valence-electron chi connectivity index (χ4n) is 2.39. The zero-order valence-electron chi connectivity index (χ0n) is 12.3. The molecule has 1 aromatic carbocycles. The molecule has 0 aliphatic carbocycles. The van der Waals surface area contributed by atoms with Gasteiger partial charge in [-0.15, -0.1) is 0 Å². The Labute approximate surface area is 133 Å². The highest BCUT2D eigenvalue weighted by Crippen LogP contribution is 2.32. The summed E-state index contributed by atoms with van der Waals surface area (Å²) in [5.74, 6) is -0.892. The molecule has 2 aromatic heterocycles. The van der Waals surface area contributed by atoms with Crippen molar-refractivity contribution in [2.75, 3.05) is 7.11 Å². The average molecular weight is 336 g/mol. The van der Waals surface area contributed by atoms with Gasteiger partial charge in [-0.3, -0.25) is 4.40 Å². The molecule has 0 amide bonds. The summed E-state index contributed by atoms with van der Waals surface area (Å²) >= 11 is 0. The highest BCUT2D eigenvalue weighted by molar-refractivity contribution is 5.94. The van der Waals surface area contributed by atoms with Gasteiger partial charge >= 0.3 is 12.1 Å². The van der Waals surface area contributed by atoms with E-state index < -0.39 is 17.7 Å². The number of aromatic carboxylic acids is 1. The minimum absolute atomic E-state index is 0.0701. The van der Waals surface area contributed by atoms with Crippen molar-refractivity contribution < 1.29 is 27.8 Å². The van der Waals surface area contributed by atoms with Crippen LogP contribution in [0.4, 0.5) is 13.2 Å². The molecular weight excluding hydrogens is 325 g/mol. The summed E-state index contributed by atoms with van der Waals surface area (Å²) in [6.07, 6.45) is -3.85. The Balaban J connectivity index is 2.28. The van der Waals surface area contributed by atoms with Gasteiger partial charge in [0.05, 0.1) is 12.7 Å². The Kier molecular flexibility index (Phi) is 3.67. The van der Waals surface area contributed by atoms with Crippen LogP contribution in [0.3, 0.4) is 0 Å². The molecule has 0 aliphatic rings. The highest BCUT2D eigenvalue weighted by atomic mass is 19.4. The number of benzene rings is 1. The smallest absolute Gasteiger partial charge is 0.417 e. The van der Waals surface area contributed by atoms with E-state index in [1.165, 1.54) is 7.11 Å². The van der Waals surface area contributed by atoms with Gasteiger partial charge in [-0.25, -0.2) is 9.78 Å². The molecule has 2 heterocycles. The third kappa shape index (κ3) is 2.66. The second-order valence-electron chi connectivity index (χ2n) is 4.99. The van der Waals surface area contributed by atoms with Crippen molar-refractivity contribution in [3.05, 3.63) is 53.9 Å². The molecule has 124 valence electrons. The lowest BCUT2D eigenvalue weighted by Gasteiger charge is -2.07. The first-order chi connectivity index (χ1) is 11.3. The van der Waals surface area contributed by atoms with E-state index in [4.69, 9.17) is 4.74 Å². The van der Waals surface area contributed by atoms with Crippen LogP contribution in [-0.4, -0.2) is 27.6 Å². The van der Waals surface area contributed by atoms with Gasteiger partial charge in [0.2, 0.25) is 0 Å². The van der Waals surface area contributed by atoms with E-state index in [0.717, 1.165) is 22.7 Å². The van der Waals surface area contributed by atoms with Crippen molar-refractivity contribution in [3.63, 3.8) is 0 Å². The molecule has 0 spiro atoms. The molecule has 0 aliphatic heterocycles. The molecular formula is C16H11F3N2O3. The molecule has 0 bridgehead atoms. The minimum atomic E-state index is -4.58. The van der Waals surface area contributed by atoms with Crippen LogP contribution in [-0.2, 0) is 6.18 Å². The van der Waals surface area contributed by atoms with Crippen LogP contribution in [0.5, 0.6) is 5.75 Å². The highest BCUT2D eigenvalue weighted by Gasteiger charge is 2.32. The first kappa shape index (κ1) is 15.9. The standard InChI is InChI=1S/C16H11F3N2O3/c1-24-11-4-2-3-9(7-11)13-14(15(22)23)21-8-10(16(17,18)19)5-6-12(21)20-13/h2-8H,1H3,(H,22,23). The number of carboxylic acids is 1. The summed E-state index contributed by atoms with van der Waals surface area (Å²) in [6, 6.07) is 8.50. The molecule has 0 radical (unpaired) electrons. The van der Waals surface area contributed by atoms with Gasteiger partial charge < -0.3 is 9.84 Å². The number of imidazole rings is 1. The van der Waals surface area contributed by atoms with Crippen molar-refractivity contribution >= 4 is 11.6 Å². The van der Waals surface area contributed by atoms with Crippen LogP contribution in [0.25, 0.3) is 16.9 Å². The monoisotopic (exact) mass is 336 g/mol. The number of rotatable bonds is 3. The number of alkyl halides is 3. The molecule has 8 heteroatoms. The average Bonchev–Trinajstić information content (AvgIpc) is 2.92. The lowest BCUT2D eigenvalue weighted by molar-refractivity contribution is -0.137. The lowest BCUT2D eigenvalue weighted by atomic mass is 10.1. The van der Waals surface area contributed by atoms with Crippen LogP contribution in [0.2, 0.25) is 0 Å². The zero-order chi connectivity index (χ0) is 17.5. The predicted octanol–water partition coefficient (Wildman–Crippen LogP) is 3.73. The van der Waals surface area contributed by atoms with Crippen molar-refractivity contribution in [3.8, 4) is 17.0 Å². The zero-order valence-corrected chi connectivity index (χ0v) is 12.3. The lowest BCUT2D eigenvalue weighted by Crippen LogP contribution is -2.09. The van der Waals surface area contributed by atoms with Gasteiger partial charge in [0.15, 0.2) is 5.69 Å². The Morgan fingerprint density at radius 1 is 1.25 bits per heavy atom. The summed E-state index contributed by atoms with van der Waals surface area (Å²) < 4.78 is 44.7. The molecule has 3 rings (SSSR count). The van der Waals surface area contributed by atoms with Crippen LogP contribution in [0.1, 0.15) is 16.1 Å². The number of nitrogens with zero attached hydrogens (tertiary/aromatic N) is 2. The quantitative estimate of drug-likeness (QED) is 0.792. The number of pyridine rings is 1. The summed E-state index contributed by atoms with van der Waals surface area (Å²) in [5, 5.41) is 9.46. The van der Waals surface area contributed by atoms with E-state index in [1.807, 2.05) is 0 Å². The third-order valence-electron chi connectivity index (χ3n) is 3.49. The van der Waals surface area contributed by atoms with Gasteiger partial charge in [0, 0.05) is 11.8 Å². The van der Waals surface area contributed by atoms with Crippen LogP contribution < -0.4 is 4.74 Å². The van der Waals surface area contributed by atoms with E-state index in [2.05, 4.69) is 4.98 Å². The Morgan fingerprint density at radius 2 is 2.00 bits per heavy atom. The fraction of sp³-hybridized carbons (Fsp3) is 0.125. The Bertz CT molecular complexity index is 932. The molecule has 0 saturated carbocycles. The van der Waals surface area contributed by atoms with Crippen LogP contribution in [0, 0.1) is 0 Å². The maximum atomic E-state index is 12.9. The van der Waals surface area contributed by atoms with Gasteiger partial charge in [0.25, 0.3) is 0 Å². The first-order valence-corrected chi connectivity index (χ1v) is 6.78. The molecule has 1 N–H and O–H groups in total. The van der Waals surface area contributed by atoms with Crippen molar-refractivity contribution in [1.29, 1.82) is 0 Å². The minimum Gasteiger partial charge on any atom is -0.497 e. The molecule has 3 aromatic rings. The Hall–Kier alpha value is -3.03. The molecule has 0 atom stereocenters. The number of ether oxygens (including phenoxy) is 1. The number of aromatic nitrogens is 2. The summed E-state index contributed by atoms with van der Waals surface area (Å²) in [7, 11) is 1.45. The number of carbonyl (C=O) groups is 1. The fourth-order valence-corrected chi connectivity index (χ4v) is 2.39. The number of halogens is 3. The number of hydrogen-bond acceptors (Lipinski definition) is 3. The maximum absolute atomic E-state index is 12.9. The molecule has 5 nitrogen and oxygen atoms in total. The number of carboxylic acid groups (broad SMARTS) is 1. The number of hydrogen-bond donors (Lipinski definition) is 1. The number of fused-ring (bicyclic) bond motifs is 1. The first-order valence-electron chi connectivity index (χ1n) is 6.78. The second kappa shape index (κ2) is 5.55. The molecule has 0 unspecified atom stereocenters. The van der Waals surface area contributed by atoms with Crippen LogP contribution >= 0.6 is 0 Å². The summed E-state index contributed by atoms with van der Waals surface area (Å²) in [6.45, 7) is 0. The van der Waals surface area contributed by atoms with Crippen molar-refractivity contribution in [1.82, 2.24) is 9.38 Å².